The van der Waals surface area contributed by atoms with E-state index in [1.165, 1.54) is 22.5 Å². The number of fused-ring (bicyclic) bond motifs is 1. The van der Waals surface area contributed by atoms with Crippen molar-refractivity contribution in [1.82, 2.24) is 19.5 Å². The molecule has 0 radical (unpaired) electrons. The Bertz CT molecular complexity index is 1290. The number of hydrogen-bond acceptors (Lipinski definition) is 7. The quantitative estimate of drug-likeness (QED) is 0.489. The fraction of sp³-hybridized carbons (Fsp3) is 0.458. The van der Waals surface area contributed by atoms with E-state index in [0.29, 0.717) is 49.7 Å². The molecule has 0 aliphatic carbocycles. The second-order valence-corrected chi connectivity index (χ2v) is 11.0. The summed E-state index contributed by atoms with van der Waals surface area (Å²) in [5.74, 6) is 0.619. The minimum absolute atomic E-state index is 0.0752. The van der Waals surface area contributed by atoms with Crippen molar-refractivity contribution >= 4 is 27.0 Å². The van der Waals surface area contributed by atoms with Crippen molar-refractivity contribution in [3.05, 3.63) is 48.3 Å². The number of benzene rings is 2. The summed E-state index contributed by atoms with van der Waals surface area (Å²) in [5, 5.41) is 7.47. The van der Waals surface area contributed by atoms with Crippen LogP contribution < -0.4 is 4.74 Å². The maximum absolute atomic E-state index is 13.2. The van der Waals surface area contributed by atoms with Crippen molar-refractivity contribution in [3.63, 3.8) is 0 Å². The van der Waals surface area contributed by atoms with Crippen LogP contribution >= 0.6 is 0 Å². The smallest absolute Gasteiger partial charge is 0.245 e. The summed E-state index contributed by atoms with van der Waals surface area (Å²) in [6, 6.07) is 10.7. The molecule has 11 heteroatoms. The van der Waals surface area contributed by atoms with E-state index in [0.717, 1.165) is 12.8 Å². The molecule has 2 fully saturated rings. The van der Waals surface area contributed by atoms with Crippen LogP contribution in [-0.2, 0) is 14.8 Å². The molecule has 2 aliphatic rings. The zero-order valence-electron chi connectivity index (χ0n) is 19.2. The maximum Gasteiger partial charge on any atom is 0.245 e. The third kappa shape index (κ3) is 5.01. The highest BCUT2D eigenvalue weighted by Gasteiger charge is 2.36. The Kier molecular flexibility index (Phi) is 6.70. The summed E-state index contributed by atoms with van der Waals surface area (Å²) in [7, 11) is -3.76. The van der Waals surface area contributed by atoms with Crippen LogP contribution in [0.1, 0.15) is 25.7 Å². The van der Waals surface area contributed by atoms with E-state index in [1.54, 1.807) is 24.3 Å². The number of hydrogen-bond donors (Lipinski definition) is 0. The Morgan fingerprint density at radius 1 is 1.06 bits per heavy atom. The lowest BCUT2D eigenvalue weighted by molar-refractivity contribution is -0.135. The van der Waals surface area contributed by atoms with E-state index in [2.05, 4.69) is 10.3 Å². The molecule has 0 bridgehead atoms. The predicted molar refractivity (Wildman–Crippen MR) is 124 cm³/mol. The molecule has 1 amide bonds. The number of rotatable bonds is 7. The molecule has 186 valence electrons. The number of piperidine rings is 1. The molecule has 1 atom stereocenters. The lowest BCUT2D eigenvalue weighted by atomic mass is 9.96. The average Bonchev–Trinajstić information content (AvgIpc) is 3.54. The zero-order valence-corrected chi connectivity index (χ0v) is 20.0. The molecule has 0 N–H and O–H groups in total. The van der Waals surface area contributed by atoms with E-state index in [9.17, 15) is 17.6 Å². The molecule has 2 aromatic carbocycles. The summed E-state index contributed by atoms with van der Waals surface area (Å²) in [6.45, 7) is 2.47. The highest BCUT2D eigenvalue weighted by Crippen LogP contribution is 2.30. The number of nitrogens with zero attached hydrogens (tertiary/aromatic N) is 4. The number of aromatic nitrogens is 2. The molecule has 1 aromatic heterocycles. The van der Waals surface area contributed by atoms with Crippen molar-refractivity contribution < 1.29 is 27.0 Å². The number of ether oxygens (including phenoxy) is 1. The summed E-state index contributed by atoms with van der Waals surface area (Å²) in [6.07, 6.45) is 2.71. The summed E-state index contributed by atoms with van der Waals surface area (Å²) >= 11 is 0. The summed E-state index contributed by atoms with van der Waals surface area (Å²) in [5.41, 5.74) is 0.611. The van der Waals surface area contributed by atoms with Gasteiger partial charge >= 0.3 is 0 Å². The zero-order chi connectivity index (χ0) is 24.4. The molecule has 1 unspecified atom stereocenters. The van der Waals surface area contributed by atoms with Crippen LogP contribution in [0.3, 0.4) is 0 Å². The largest absolute Gasteiger partial charge is 0.494 e. The van der Waals surface area contributed by atoms with Crippen LogP contribution in [-0.4, -0.2) is 66.6 Å². The molecule has 5 rings (SSSR count). The minimum Gasteiger partial charge on any atom is -0.494 e. The minimum atomic E-state index is -3.76. The topological polar surface area (TPSA) is 106 Å². The number of carbonyl (C=O) groups is 1. The van der Waals surface area contributed by atoms with Gasteiger partial charge in [0.1, 0.15) is 22.0 Å². The summed E-state index contributed by atoms with van der Waals surface area (Å²) < 4.78 is 51.2. The van der Waals surface area contributed by atoms with Gasteiger partial charge in [0, 0.05) is 32.1 Å². The van der Waals surface area contributed by atoms with Gasteiger partial charge in [-0.15, -0.1) is 0 Å². The van der Waals surface area contributed by atoms with Gasteiger partial charge in [-0.3, -0.25) is 4.79 Å². The van der Waals surface area contributed by atoms with E-state index in [-0.39, 0.29) is 41.1 Å². The first-order chi connectivity index (χ1) is 16.9. The number of halogens is 1. The standard InChI is InChI=1S/C24H27FN4O5S/c25-19-4-6-20(7-5-19)33-15-11-17-8-12-28(16-17)24(30)18-9-13-29(14-10-18)35(31,32)22-3-1-2-21-23(22)27-34-26-21/h1-7,17-18H,8-16H2. The molecule has 2 saturated heterocycles. The van der Waals surface area contributed by atoms with E-state index in [1.807, 2.05) is 4.90 Å². The Balaban J connectivity index is 1.11. The average molecular weight is 503 g/mol. The Morgan fingerprint density at radius 3 is 2.60 bits per heavy atom. The SMILES string of the molecule is O=C(C1CCN(S(=O)(=O)c2cccc3nonc23)CC1)N1CCC(CCOc2ccc(F)cc2)C1. The lowest BCUT2D eigenvalue weighted by Gasteiger charge is -2.32. The van der Waals surface area contributed by atoms with Gasteiger partial charge in [-0.2, -0.15) is 4.31 Å². The first-order valence-corrected chi connectivity index (χ1v) is 13.2. The first kappa shape index (κ1) is 23.7. The third-order valence-electron chi connectivity index (χ3n) is 6.88. The van der Waals surface area contributed by atoms with Gasteiger partial charge in [-0.05, 0) is 78.3 Å². The fourth-order valence-electron chi connectivity index (χ4n) is 4.87. The van der Waals surface area contributed by atoms with Crippen molar-refractivity contribution in [3.8, 4) is 5.75 Å². The van der Waals surface area contributed by atoms with E-state index in [4.69, 9.17) is 9.37 Å². The number of amides is 1. The van der Waals surface area contributed by atoms with Crippen molar-refractivity contribution in [2.24, 2.45) is 11.8 Å². The van der Waals surface area contributed by atoms with Crippen LogP contribution in [0, 0.1) is 17.7 Å². The van der Waals surface area contributed by atoms with Crippen LogP contribution in [0.5, 0.6) is 5.75 Å². The molecule has 35 heavy (non-hydrogen) atoms. The van der Waals surface area contributed by atoms with Gasteiger partial charge in [-0.25, -0.2) is 17.4 Å². The van der Waals surface area contributed by atoms with Gasteiger partial charge in [0.05, 0.1) is 6.61 Å². The highest BCUT2D eigenvalue weighted by atomic mass is 32.2. The van der Waals surface area contributed by atoms with Gasteiger partial charge in [-0.1, -0.05) is 6.07 Å². The lowest BCUT2D eigenvalue weighted by Crippen LogP contribution is -2.44. The van der Waals surface area contributed by atoms with Crippen molar-refractivity contribution in [2.45, 2.75) is 30.6 Å². The molecule has 2 aliphatic heterocycles. The number of carbonyl (C=O) groups excluding carboxylic acids is 1. The monoisotopic (exact) mass is 502 g/mol. The molecule has 0 saturated carbocycles. The molecular formula is C24H27FN4O5S. The normalized spacial score (nSPS) is 19.9. The van der Waals surface area contributed by atoms with Gasteiger partial charge in [0.15, 0.2) is 5.52 Å². The Hall–Kier alpha value is -3.05. The summed E-state index contributed by atoms with van der Waals surface area (Å²) in [4.78, 5) is 15.1. The van der Waals surface area contributed by atoms with Crippen LogP contribution in [0.25, 0.3) is 11.0 Å². The van der Waals surface area contributed by atoms with Crippen LogP contribution in [0.4, 0.5) is 4.39 Å². The second-order valence-electron chi connectivity index (χ2n) is 9.10. The molecule has 9 nitrogen and oxygen atoms in total. The first-order valence-electron chi connectivity index (χ1n) is 11.8. The van der Waals surface area contributed by atoms with Crippen LogP contribution in [0.15, 0.2) is 52.0 Å². The predicted octanol–water partition coefficient (Wildman–Crippen LogP) is 3.08. The third-order valence-corrected chi connectivity index (χ3v) is 8.81. The maximum atomic E-state index is 13.2. The number of likely N-dealkylation sites (tertiary alicyclic amines) is 1. The van der Waals surface area contributed by atoms with Crippen LogP contribution in [0.2, 0.25) is 0 Å². The van der Waals surface area contributed by atoms with Gasteiger partial charge in [0.2, 0.25) is 15.9 Å². The van der Waals surface area contributed by atoms with Crippen molar-refractivity contribution in [2.75, 3.05) is 32.8 Å². The molecule has 3 aromatic rings. The Morgan fingerprint density at radius 2 is 1.83 bits per heavy atom. The number of sulfonamides is 1. The Labute approximate surface area is 202 Å². The molecule has 0 spiro atoms. The van der Waals surface area contributed by atoms with E-state index >= 15 is 0 Å². The van der Waals surface area contributed by atoms with Gasteiger partial charge < -0.3 is 9.64 Å². The fourth-order valence-corrected chi connectivity index (χ4v) is 6.48. The van der Waals surface area contributed by atoms with Gasteiger partial charge in [0.25, 0.3) is 0 Å². The molecular weight excluding hydrogens is 475 g/mol. The molecule has 3 heterocycles. The highest BCUT2D eigenvalue weighted by molar-refractivity contribution is 7.89. The van der Waals surface area contributed by atoms with Crippen molar-refractivity contribution in [1.29, 1.82) is 0 Å². The van der Waals surface area contributed by atoms with E-state index < -0.39 is 10.0 Å². The second kappa shape index (κ2) is 9.90.